The summed E-state index contributed by atoms with van der Waals surface area (Å²) in [7, 11) is 1.66. The molecule has 1 unspecified atom stereocenters. The lowest BCUT2D eigenvalue weighted by atomic mass is 9.99. The monoisotopic (exact) mass is 578 g/mol. The average Bonchev–Trinajstić information content (AvgIpc) is 2.95. The summed E-state index contributed by atoms with van der Waals surface area (Å²) in [5, 5.41) is 50.2. The maximum atomic E-state index is 12.2. The molecule has 2 rings (SSSR count). The molecule has 0 aliphatic carbocycles. The van der Waals surface area contributed by atoms with Gasteiger partial charge in [0.25, 0.3) is 0 Å². The van der Waals surface area contributed by atoms with E-state index in [4.69, 9.17) is 18.9 Å². The van der Waals surface area contributed by atoms with Crippen LogP contribution in [0.3, 0.4) is 0 Å². The summed E-state index contributed by atoms with van der Waals surface area (Å²) in [6.07, 6.45) is 16.1. The fraction of sp³-hybridized carbons (Fsp3) is 0.581. The molecule has 230 valence electrons. The van der Waals surface area contributed by atoms with E-state index >= 15 is 0 Å². The largest absolute Gasteiger partial charge is 0.460 e. The van der Waals surface area contributed by atoms with E-state index in [0.717, 1.165) is 12.8 Å². The van der Waals surface area contributed by atoms with Crippen LogP contribution in [0.25, 0.3) is 0 Å². The average molecular weight is 579 g/mol. The summed E-state index contributed by atoms with van der Waals surface area (Å²) < 4.78 is 22.3. The van der Waals surface area contributed by atoms with Crippen LogP contribution >= 0.6 is 0 Å². The maximum absolute atomic E-state index is 12.2. The van der Waals surface area contributed by atoms with Gasteiger partial charge >= 0.3 is 5.97 Å². The Bertz CT molecular complexity index is 922. The second kappa shape index (κ2) is 19.7. The van der Waals surface area contributed by atoms with E-state index < -0.39 is 55.5 Å². The number of aliphatic hydroxyl groups excluding tert-OH is 5. The van der Waals surface area contributed by atoms with Crippen molar-refractivity contribution in [2.45, 2.75) is 101 Å². The van der Waals surface area contributed by atoms with Gasteiger partial charge in [0.05, 0.1) is 31.0 Å². The Labute approximate surface area is 242 Å². The molecule has 5 N–H and O–H groups in total. The highest BCUT2D eigenvalue weighted by atomic mass is 16.7. The highest BCUT2D eigenvalue weighted by Crippen LogP contribution is 2.24. The summed E-state index contributed by atoms with van der Waals surface area (Å²) in [4.78, 5) is 12.2. The number of methoxy groups -OCH3 is 1. The van der Waals surface area contributed by atoms with Gasteiger partial charge in [-0.15, -0.1) is 0 Å². The molecule has 0 saturated carbocycles. The summed E-state index contributed by atoms with van der Waals surface area (Å²) in [5.74, 6) is -0.453. The summed E-state index contributed by atoms with van der Waals surface area (Å²) >= 11 is 0. The molecule has 2 aliphatic heterocycles. The van der Waals surface area contributed by atoms with Gasteiger partial charge in [-0.2, -0.15) is 0 Å². The number of carbonyl (C=O) groups excluding carboxylic acids is 1. The first kappa shape index (κ1) is 34.8. The first-order chi connectivity index (χ1) is 19.7. The number of carbonyl (C=O) groups is 1. The zero-order valence-corrected chi connectivity index (χ0v) is 23.9. The fourth-order valence-corrected chi connectivity index (χ4v) is 4.25. The van der Waals surface area contributed by atoms with Crippen molar-refractivity contribution in [3.63, 3.8) is 0 Å². The van der Waals surface area contributed by atoms with Crippen molar-refractivity contribution in [3.8, 4) is 0 Å². The molecule has 0 amide bonds. The van der Waals surface area contributed by atoms with Crippen LogP contribution in [0, 0.1) is 0 Å². The number of ether oxygens (including phenoxy) is 4. The molecule has 2 aliphatic rings. The number of esters is 1. The third-order valence-corrected chi connectivity index (χ3v) is 6.69. The Hall–Kier alpha value is -2.41. The first-order valence-electron chi connectivity index (χ1n) is 14.1. The van der Waals surface area contributed by atoms with Gasteiger partial charge in [-0.05, 0) is 45.4 Å². The van der Waals surface area contributed by atoms with Gasteiger partial charge in [0, 0.05) is 13.2 Å². The molecule has 9 atom stereocenters. The lowest BCUT2D eigenvalue weighted by Gasteiger charge is -2.40. The molecule has 0 spiro atoms. The van der Waals surface area contributed by atoms with Crippen molar-refractivity contribution in [3.05, 3.63) is 72.9 Å². The molecule has 10 nitrogen and oxygen atoms in total. The van der Waals surface area contributed by atoms with Crippen LogP contribution in [0.2, 0.25) is 0 Å². The Morgan fingerprint density at radius 3 is 2.12 bits per heavy atom. The number of cyclic esters (lactones) is 1. The highest BCUT2D eigenvalue weighted by molar-refractivity contribution is 5.82. The van der Waals surface area contributed by atoms with Crippen molar-refractivity contribution in [1.82, 2.24) is 0 Å². The SMILES string of the molecule is COC1C=CC=CC[C@@H](O)CC=CC=C[C@@H](O[C@@H]2O[C@H](CO)[C@@H](O)[C@H](O)[C@H]2O)CC=CC=CC(=O)O[C@H](C)CCC1. The van der Waals surface area contributed by atoms with Crippen LogP contribution in [0.5, 0.6) is 0 Å². The summed E-state index contributed by atoms with van der Waals surface area (Å²) in [6.45, 7) is 1.29. The number of hydrogen-bond acceptors (Lipinski definition) is 10. The van der Waals surface area contributed by atoms with E-state index in [1.54, 1.807) is 43.6 Å². The van der Waals surface area contributed by atoms with Crippen LogP contribution in [-0.2, 0) is 23.7 Å². The Kier molecular flexibility index (Phi) is 16.7. The van der Waals surface area contributed by atoms with E-state index in [-0.39, 0.29) is 12.2 Å². The van der Waals surface area contributed by atoms with Crippen LogP contribution in [0.1, 0.15) is 45.4 Å². The summed E-state index contributed by atoms with van der Waals surface area (Å²) in [6, 6.07) is 0. The maximum Gasteiger partial charge on any atom is 0.331 e. The van der Waals surface area contributed by atoms with Gasteiger partial charge in [-0.25, -0.2) is 4.79 Å². The minimum atomic E-state index is -1.55. The van der Waals surface area contributed by atoms with Crippen molar-refractivity contribution in [1.29, 1.82) is 0 Å². The van der Waals surface area contributed by atoms with E-state index in [1.807, 2.05) is 37.3 Å². The van der Waals surface area contributed by atoms with Crippen LogP contribution < -0.4 is 0 Å². The highest BCUT2D eigenvalue weighted by Gasteiger charge is 2.44. The number of hydrogen-bond donors (Lipinski definition) is 5. The minimum absolute atomic E-state index is 0.0497. The Balaban J connectivity index is 2.12. The lowest BCUT2D eigenvalue weighted by Crippen LogP contribution is -2.59. The van der Waals surface area contributed by atoms with Crippen molar-refractivity contribution >= 4 is 5.97 Å². The van der Waals surface area contributed by atoms with Crippen molar-refractivity contribution in [2.75, 3.05) is 13.7 Å². The second-order valence-electron chi connectivity index (χ2n) is 10.1. The number of rotatable bonds is 4. The van der Waals surface area contributed by atoms with Gasteiger partial charge in [-0.1, -0.05) is 66.8 Å². The van der Waals surface area contributed by atoms with Crippen LogP contribution in [0.4, 0.5) is 0 Å². The normalized spacial score (nSPS) is 35.2. The molecule has 0 aromatic heterocycles. The van der Waals surface area contributed by atoms with E-state index in [2.05, 4.69) is 0 Å². The first-order valence-corrected chi connectivity index (χ1v) is 14.1. The molecular formula is C31H46O10. The third-order valence-electron chi connectivity index (χ3n) is 6.69. The van der Waals surface area contributed by atoms with E-state index in [1.165, 1.54) is 6.08 Å². The number of aliphatic hydroxyl groups is 5. The zero-order valence-electron chi connectivity index (χ0n) is 23.9. The van der Waals surface area contributed by atoms with Gasteiger partial charge in [0.15, 0.2) is 6.29 Å². The Morgan fingerprint density at radius 1 is 0.829 bits per heavy atom. The topological polar surface area (TPSA) is 155 Å². The predicted molar refractivity (Wildman–Crippen MR) is 154 cm³/mol. The molecule has 0 bridgehead atoms. The van der Waals surface area contributed by atoms with Gasteiger partial charge in [-0.3, -0.25) is 0 Å². The van der Waals surface area contributed by atoms with Crippen molar-refractivity contribution < 1.29 is 49.3 Å². The zero-order chi connectivity index (χ0) is 30.0. The predicted octanol–water partition coefficient (Wildman–Crippen LogP) is 2.17. The molecule has 2 heterocycles. The number of allylic oxidation sites excluding steroid dienone is 6. The minimum Gasteiger partial charge on any atom is -0.460 e. The molecule has 0 radical (unpaired) electrons. The van der Waals surface area contributed by atoms with E-state index in [0.29, 0.717) is 25.7 Å². The fourth-order valence-electron chi connectivity index (χ4n) is 4.25. The van der Waals surface area contributed by atoms with Gasteiger partial charge in [0.1, 0.15) is 24.4 Å². The van der Waals surface area contributed by atoms with Crippen LogP contribution in [-0.4, -0.2) is 100 Å². The quantitative estimate of drug-likeness (QED) is 0.314. The van der Waals surface area contributed by atoms with Crippen LogP contribution in [0.15, 0.2) is 72.9 Å². The molecule has 1 fully saturated rings. The van der Waals surface area contributed by atoms with Gasteiger partial charge < -0.3 is 44.5 Å². The molecular weight excluding hydrogens is 532 g/mol. The van der Waals surface area contributed by atoms with E-state index in [9.17, 15) is 30.3 Å². The molecule has 0 aromatic carbocycles. The molecule has 1 saturated heterocycles. The smallest absolute Gasteiger partial charge is 0.331 e. The molecule has 10 heteroatoms. The third kappa shape index (κ3) is 13.4. The Morgan fingerprint density at radius 2 is 1.46 bits per heavy atom. The molecule has 0 aromatic rings. The second-order valence-corrected chi connectivity index (χ2v) is 10.1. The van der Waals surface area contributed by atoms with Crippen molar-refractivity contribution in [2.24, 2.45) is 0 Å². The van der Waals surface area contributed by atoms with Gasteiger partial charge in [0.2, 0.25) is 0 Å². The standard InChI is InChI=1S/C31H46O10/c1-22-13-12-19-24(38-2)16-8-3-6-14-23(33)15-7-4-9-17-25(18-10-5-11-20-27(34)39-22)40-31-30(37)29(36)28(35)26(21-32)41-31/h3-11,16-17,20,22-26,28-33,35-37H,12-15,18-19,21H2,1-2H3/t22-,23-,24?,25-,26-,28-,29+,30-,31-/m1/s1. The summed E-state index contributed by atoms with van der Waals surface area (Å²) in [5.41, 5.74) is 0. The lowest BCUT2D eigenvalue weighted by molar-refractivity contribution is -0.307. The molecule has 41 heavy (non-hydrogen) atoms.